The molecule has 1 aromatic carbocycles. The van der Waals surface area contributed by atoms with Crippen molar-refractivity contribution in [2.24, 2.45) is 11.8 Å². The van der Waals surface area contributed by atoms with Gasteiger partial charge in [0.15, 0.2) is 0 Å². The second-order valence-electron chi connectivity index (χ2n) is 5.63. The van der Waals surface area contributed by atoms with E-state index in [4.69, 9.17) is 11.6 Å². The lowest BCUT2D eigenvalue weighted by molar-refractivity contribution is 0.573. The number of nitrogens with zero attached hydrogens (tertiary/aromatic N) is 2. The molecule has 2 unspecified atom stereocenters. The fourth-order valence-electron chi connectivity index (χ4n) is 3.32. The molecule has 4 rings (SSSR count). The molecule has 2 aromatic rings. The Morgan fingerprint density at radius 1 is 1.32 bits per heavy atom. The van der Waals surface area contributed by atoms with Gasteiger partial charge in [0.05, 0.1) is 18.2 Å². The van der Waals surface area contributed by atoms with Crippen LogP contribution >= 0.6 is 11.6 Å². The van der Waals surface area contributed by atoms with Crippen LogP contribution in [0.4, 0.5) is 0 Å². The first-order valence-electron chi connectivity index (χ1n) is 6.75. The van der Waals surface area contributed by atoms with Crippen molar-refractivity contribution in [3.8, 4) is 11.3 Å². The molecule has 2 atom stereocenters. The van der Waals surface area contributed by atoms with Crippen LogP contribution in [0.2, 0.25) is 5.02 Å². The zero-order valence-corrected chi connectivity index (χ0v) is 11.6. The highest BCUT2D eigenvalue weighted by atomic mass is 35.5. The molecule has 1 N–H and O–H groups in total. The van der Waals surface area contributed by atoms with E-state index in [-0.39, 0.29) is 0 Å². The molecule has 3 nitrogen and oxygen atoms in total. The van der Waals surface area contributed by atoms with E-state index in [1.54, 1.807) is 0 Å². The molecule has 2 fully saturated rings. The second-order valence-corrected chi connectivity index (χ2v) is 6.03. The Balaban J connectivity index is 1.72. The summed E-state index contributed by atoms with van der Waals surface area (Å²) in [6, 6.07) is 6.87. The molecular weight excluding hydrogens is 258 g/mol. The summed E-state index contributed by atoms with van der Waals surface area (Å²) in [7, 11) is 0. The largest absolute Gasteiger partial charge is 0.327 e. The Labute approximate surface area is 117 Å². The van der Waals surface area contributed by atoms with Crippen LogP contribution < -0.4 is 5.32 Å². The van der Waals surface area contributed by atoms with E-state index in [0.717, 1.165) is 41.1 Å². The number of piperidine rings is 1. The van der Waals surface area contributed by atoms with E-state index in [0.29, 0.717) is 6.04 Å². The standard InChI is InChI=1S/C15H16ClN3/c1-9-2-3-10(4-13(9)16)14-7-18-8-19(14)15-11-5-17-6-12(11)15/h2-4,7-8,11-12,15,17H,5-6H2,1H3. The van der Waals surface area contributed by atoms with Gasteiger partial charge in [-0.05, 0) is 30.4 Å². The zero-order chi connectivity index (χ0) is 13.0. The maximum absolute atomic E-state index is 6.23. The van der Waals surface area contributed by atoms with Crippen molar-refractivity contribution >= 4 is 11.6 Å². The van der Waals surface area contributed by atoms with E-state index in [9.17, 15) is 0 Å². The molecule has 0 amide bonds. The Morgan fingerprint density at radius 3 is 2.84 bits per heavy atom. The van der Waals surface area contributed by atoms with Crippen molar-refractivity contribution in [2.45, 2.75) is 13.0 Å². The number of benzene rings is 1. The molecule has 1 aromatic heterocycles. The molecule has 0 bridgehead atoms. The van der Waals surface area contributed by atoms with Gasteiger partial charge in [0.2, 0.25) is 0 Å². The Hall–Kier alpha value is -1.32. The van der Waals surface area contributed by atoms with Crippen molar-refractivity contribution < 1.29 is 0 Å². The molecular formula is C15H16ClN3. The molecule has 2 heterocycles. The number of aromatic nitrogens is 2. The predicted octanol–water partition coefficient (Wildman–Crippen LogP) is 2.90. The van der Waals surface area contributed by atoms with Crippen LogP contribution in [0.1, 0.15) is 11.6 Å². The Kier molecular flexibility index (Phi) is 2.47. The Bertz CT molecular complexity index is 624. The third kappa shape index (κ3) is 1.72. The van der Waals surface area contributed by atoms with Crippen LogP contribution in [-0.4, -0.2) is 22.6 Å². The summed E-state index contributed by atoms with van der Waals surface area (Å²) in [5.41, 5.74) is 3.45. The number of hydrogen-bond donors (Lipinski definition) is 1. The number of halogens is 1. The molecule has 2 aliphatic rings. The number of aryl methyl sites for hydroxylation is 1. The highest BCUT2D eigenvalue weighted by Gasteiger charge is 2.54. The summed E-state index contributed by atoms with van der Waals surface area (Å²) in [6.45, 7) is 4.31. The average molecular weight is 274 g/mol. The minimum atomic E-state index is 0.624. The predicted molar refractivity (Wildman–Crippen MR) is 76.3 cm³/mol. The monoisotopic (exact) mass is 273 g/mol. The lowest BCUT2D eigenvalue weighted by atomic mass is 10.1. The Morgan fingerprint density at radius 2 is 2.11 bits per heavy atom. The summed E-state index contributed by atoms with van der Waals surface area (Å²) in [4.78, 5) is 4.34. The van der Waals surface area contributed by atoms with Crippen molar-refractivity contribution in [3.05, 3.63) is 41.3 Å². The van der Waals surface area contributed by atoms with Gasteiger partial charge in [0, 0.05) is 29.7 Å². The minimum absolute atomic E-state index is 0.624. The number of rotatable bonds is 2. The molecule has 98 valence electrons. The molecule has 1 aliphatic carbocycles. The van der Waals surface area contributed by atoms with Gasteiger partial charge in [0.25, 0.3) is 0 Å². The number of imidazole rings is 1. The maximum atomic E-state index is 6.23. The topological polar surface area (TPSA) is 29.9 Å². The summed E-state index contributed by atoms with van der Waals surface area (Å²) < 4.78 is 2.33. The van der Waals surface area contributed by atoms with Crippen LogP contribution in [0.3, 0.4) is 0 Å². The van der Waals surface area contributed by atoms with Gasteiger partial charge in [-0.3, -0.25) is 0 Å². The van der Waals surface area contributed by atoms with Gasteiger partial charge >= 0.3 is 0 Å². The van der Waals surface area contributed by atoms with Crippen LogP contribution in [-0.2, 0) is 0 Å². The molecule has 0 radical (unpaired) electrons. The fourth-order valence-corrected chi connectivity index (χ4v) is 3.50. The normalized spacial score (nSPS) is 28.4. The molecule has 19 heavy (non-hydrogen) atoms. The first-order valence-corrected chi connectivity index (χ1v) is 7.12. The summed E-state index contributed by atoms with van der Waals surface area (Å²) in [6.07, 6.45) is 3.91. The van der Waals surface area contributed by atoms with E-state index < -0.39 is 0 Å². The highest BCUT2D eigenvalue weighted by Crippen LogP contribution is 2.53. The molecule has 0 spiro atoms. The summed E-state index contributed by atoms with van der Waals surface area (Å²) in [5.74, 6) is 1.57. The number of nitrogens with one attached hydrogen (secondary N) is 1. The maximum Gasteiger partial charge on any atom is 0.0953 e. The SMILES string of the molecule is Cc1ccc(-c2cncn2C2C3CNCC32)cc1Cl. The van der Waals surface area contributed by atoms with Crippen LogP contribution in [0.5, 0.6) is 0 Å². The first kappa shape index (κ1) is 11.5. The smallest absolute Gasteiger partial charge is 0.0953 e. The fraction of sp³-hybridized carbons (Fsp3) is 0.400. The van der Waals surface area contributed by atoms with E-state index >= 15 is 0 Å². The average Bonchev–Trinajstić information content (AvgIpc) is 2.86. The number of hydrogen-bond acceptors (Lipinski definition) is 2. The molecule has 1 saturated heterocycles. The van der Waals surface area contributed by atoms with Gasteiger partial charge in [0.1, 0.15) is 0 Å². The van der Waals surface area contributed by atoms with Gasteiger partial charge in [-0.2, -0.15) is 0 Å². The van der Waals surface area contributed by atoms with E-state index in [1.807, 2.05) is 25.5 Å². The van der Waals surface area contributed by atoms with Gasteiger partial charge in [-0.25, -0.2) is 4.98 Å². The minimum Gasteiger partial charge on any atom is -0.327 e. The quantitative estimate of drug-likeness (QED) is 0.912. The lowest BCUT2D eigenvalue weighted by Gasteiger charge is -2.11. The third-order valence-electron chi connectivity index (χ3n) is 4.50. The number of fused-ring (bicyclic) bond motifs is 1. The molecule has 4 heteroatoms. The summed E-state index contributed by atoms with van der Waals surface area (Å²) >= 11 is 6.23. The van der Waals surface area contributed by atoms with Gasteiger partial charge in [-0.1, -0.05) is 23.7 Å². The van der Waals surface area contributed by atoms with Gasteiger partial charge in [-0.15, -0.1) is 0 Å². The van der Waals surface area contributed by atoms with E-state index in [2.05, 4.69) is 27.0 Å². The van der Waals surface area contributed by atoms with Crippen molar-refractivity contribution in [1.82, 2.24) is 14.9 Å². The van der Waals surface area contributed by atoms with Crippen LogP contribution in [0, 0.1) is 18.8 Å². The lowest BCUT2D eigenvalue weighted by Crippen LogP contribution is -2.16. The second kappa shape index (κ2) is 4.09. The first-order chi connectivity index (χ1) is 9.25. The van der Waals surface area contributed by atoms with Crippen LogP contribution in [0.25, 0.3) is 11.3 Å². The van der Waals surface area contributed by atoms with Crippen LogP contribution in [0.15, 0.2) is 30.7 Å². The highest BCUT2D eigenvalue weighted by molar-refractivity contribution is 6.31. The van der Waals surface area contributed by atoms with E-state index in [1.165, 1.54) is 5.69 Å². The zero-order valence-electron chi connectivity index (χ0n) is 10.8. The van der Waals surface area contributed by atoms with Crippen molar-refractivity contribution in [3.63, 3.8) is 0 Å². The molecule has 1 aliphatic heterocycles. The van der Waals surface area contributed by atoms with Gasteiger partial charge < -0.3 is 9.88 Å². The van der Waals surface area contributed by atoms with Crippen molar-refractivity contribution in [2.75, 3.05) is 13.1 Å². The summed E-state index contributed by atoms with van der Waals surface area (Å²) in [5, 5.41) is 4.26. The van der Waals surface area contributed by atoms with Crippen molar-refractivity contribution in [1.29, 1.82) is 0 Å². The third-order valence-corrected chi connectivity index (χ3v) is 4.91. The molecule has 1 saturated carbocycles.